The molecular formula is C7H12O4. The van der Waals surface area contributed by atoms with Gasteiger partial charge in [-0.05, 0) is 25.8 Å². The summed E-state index contributed by atoms with van der Waals surface area (Å²) < 4.78 is 0. The molecule has 4 nitrogen and oxygen atoms in total. The van der Waals surface area contributed by atoms with E-state index < -0.39 is 11.6 Å². The summed E-state index contributed by atoms with van der Waals surface area (Å²) in [5.74, 6) is -0.686. The summed E-state index contributed by atoms with van der Waals surface area (Å²) >= 11 is 0. The van der Waals surface area contributed by atoms with Crippen LogP contribution in [-0.2, 0) is 19.6 Å². The fourth-order valence-electron chi connectivity index (χ4n) is 0.187. The SMILES string of the molecule is C=CC(=O)OOOC(C)(C)C. The van der Waals surface area contributed by atoms with Gasteiger partial charge >= 0.3 is 5.97 Å². The van der Waals surface area contributed by atoms with Crippen molar-refractivity contribution in [2.75, 3.05) is 0 Å². The quantitative estimate of drug-likeness (QED) is 0.355. The molecule has 0 aromatic heterocycles. The molecule has 0 radical (unpaired) electrons. The minimum Gasteiger partial charge on any atom is -0.264 e. The van der Waals surface area contributed by atoms with Crippen molar-refractivity contribution in [1.82, 2.24) is 0 Å². The summed E-state index contributed by atoms with van der Waals surface area (Å²) in [6.07, 6.45) is 0.978. The van der Waals surface area contributed by atoms with E-state index in [-0.39, 0.29) is 0 Å². The van der Waals surface area contributed by atoms with Crippen LogP contribution in [0.25, 0.3) is 0 Å². The fraction of sp³-hybridized carbons (Fsp3) is 0.571. The summed E-state index contributed by atoms with van der Waals surface area (Å²) in [4.78, 5) is 19.1. The Hall–Kier alpha value is -0.870. The van der Waals surface area contributed by atoms with Gasteiger partial charge in [-0.15, -0.1) is 0 Å². The standard InChI is InChI=1S/C7H12O4/c1-5-6(8)9-11-10-7(2,3)4/h5H,1H2,2-4H3. The Morgan fingerprint density at radius 2 is 2.00 bits per heavy atom. The van der Waals surface area contributed by atoms with Gasteiger partial charge in [0.1, 0.15) is 0 Å². The molecule has 0 unspecified atom stereocenters. The van der Waals surface area contributed by atoms with Crippen molar-refractivity contribution in [3.8, 4) is 0 Å². The van der Waals surface area contributed by atoms with Crippen LogP contribution < -0.4 is 0 Å². The first kappa shape index (κ1) is 10.1. The Morgan fingerprint density at radius 3 is 2.36 bits per heavy atom. The van der Waals surface area contributed by atoms with Crippen molar-refractivity contribution in [2.24, 2.45) is 0 Å². The van der Waals surface area contributed by atoms with Crippen molar-refractivity contribution in [3.05, 3.63) is 12.7 Å². The first-order chi connectivity index (χ1) is 4.95. The van der Waals surface area contributed by atoms with Crippen LogP contribution in [0.1, 0.15) is 20.8 Å². The Labute approximate surface area is 65.6 Å². The lowest BCUT2D eigenvalue weighted by molar-refractivity contribution is -0.513. The molecule has 0 aliphatic carbocycles. The monoisotopic (exact) mass is 160 g/mol. The Kier molecular flexibility index (Phi) is 3.78. The predicted octanol–water partition coefficient (Wildman–Crippen LogP) is 1.38. The van der Waals surface area contributed by atoms with Gasteiger partial charge in [0.2, 0.25) is 0 Å². The molecular weight excluding hydrogens is 148 g/mol. The van der Waals surface area contributed by atoms with Crippen LogP contribution in [-0.4, -0.2) is 11.6 Å². The summed E-state index contributed by atoms with van der Waals surface area (Å²) in [6.45, 7) is 8.44. The molecule has 64 valence electrons. The molecule has 0 atom stereocenters. The molecule has 0 saturated carbocycles. The van der Waals surface area contributed by atoms with Crippen molar-refractivity contribution in [3.63, 3.8) is 0 Å². The Bertz CT molecular complexity index is 145. The maximum absolute atomic E-state index is 10.4. The first-order valence-electron chi connectivity index (χ1n) is 3.14. The fourth-order valence-corrected chi connectivity index (χ4v) is 0.187. The van der Waals surface area contributed by atoms with Crippen molar-refractivity contribution < 1.29 is 19.6 Å². The average molecular weight is 160 g/mol. The average Bonchev–Trinajstić information content (AvgIpc) is 1.85. The van der Waals surface area contributed by atoms with E-state index in [1.165, 1.54) is 0 Å². The van der Waals surface area contributed by atoms with E-state index in [1.807, 2.05) is 0 Å². The molecule has 0 heterocycles. The van der Waals surface area contributed by atoms with Crippen LogP contribution in [0.4, 0.5) is 0 Å². The van der Waals surface area contributed by atoms with Crippen LogP contribution >= 0.6 is 0 Å². The molecule has 0 bridgehead atoms. The molecule has 0 aromatic rings. The normalized spacial score (nSPS) is 10.8. The van der Waals surface area contributed by atoms with Gasteiger partial charge in [0.15, 0.2) is 0 Å². The summed E-state index contributed by atoms with van der Waals surface area (Å²) in [7, 11) is 0. The third-order valence-corrected chi connectivity index (χ3v) is 0.567. The second-order valence-corrected chi connectivity index (χ2v) is 2.87. The summed E-state index contributed by atoms with van der Waals surface area (Å²) in [6, 6.07) is 0. The van der Waals surface area contributed by atoms with Gasteiger partial charge in [0.05, 0.1) is 5.60 Å². The highest BCUT2D eigenvalue weighted by Gasteiger charge is 2.12. The number of rotatable bonds is 3. The van der Waals surface area contributed by atoms with Crippen molar-refractivity contribution >= 4 is 5.97 Å². The molecule has 0 amide bonds. The van der Waals surface area contributed by atoms with E-state index in [0.29, 0.717) is 0 Å². The minimum absolute atomic E-state index is 0.499. The molecule has 0 spiro atoms. The highest BCUT2D eigenvalue weighted by Crippen LogP contribution is 2.06. The topological polar surface area (TPSA) is 44.8 Å². The van der Waals surface area contributed by atoms with Crippen LogP contribution in [0, 0.1) is 0 Å². The lowest BCUT2D eigenvalue weighted by Gasteiger charge is -2.14. The van der Waals surface area contributed by atoms with Crippen molar-refractivity contribution in [1.29, 1.82) is 0 Å². The molecule has 0 aliphatic heterocycles. The maximum Gasteiger partial charge on any atom is 0.368 e. The molecule has 0 rings (SSSR count). The van der Waals surface area contributed by atoms with Gasteiger partial charge in [0, 0.05) is 6.08 Å². The van der Waals surface area contributed by atoms with Crippen LogP contribution in [0.15, 0.2) is 12.7 Å². The van der Waals surface area contributed by atoms with E-state index in [2.05, 4.69) is 21.4 Å². The number of hydrogen-bond acceptors (Lipinski definition) is 4. The number of carbonyl (C=O) groups excluding carboxylic acids is 1. The smallest absolute Gasteiger partial charge is 0.264 e. The Balaban J connectivity index is 3.42. The summed E-state index contributed by atoms with van der Waals surface area (Å²) in [5, 5.41) is 4.13. The molecule has 11 heavy (non-hydrogen) atoms. The Morgan fingerprint density at radius 1 is 1.45 bits per heavy atom. The lowest BCUT2D eigenvalue weighted by Crippen LogP contribution is -2.20. The summed E-state index contributed by atoms with van der Waals surface area (Å²) in [5.41, 5.74) is -0.499. The number of carbonyl (C=O) groups is 1. The molecule has 0 aromatic carbocycles. The molecule has 0 N–H and O–H groups in total. The van der Waals surface area contributed by atoms with Gasteiger partial charge in [-0.1, -0.05) is 6.58 Å². The lowest BCUT2D eigenvalue weighted by atomic mass is 10.2. The predicted molar refractivity (Wildman–Crippen MR) is 38.2 cm³/mol. The zero-order chi connectivity index (χ0) is 8.91. The second-order valence-electron chi connectivity index (χ2n) is 2.87. The van der Waals surface area contributed by atoms with Crippen LogP contribution in [0.2, 0.25) is 0 Å². The zero-order valence-electron chi connectivity index (χ0n) is 6.92. The highest BCUT2D eigenvalue weighted by molar-refractivity contribution is 5.80. The number of hydrogen-bond donors (Lipinski definition) is 0. The van der Waals surface area contributed by atoms with Gasteiger partial charge < -0.3 is 0 Å². The van der Waals surface area contributed by atoms with Gasteiger partial charge in [0.25, 0.3) is 0 Å². The van der Waals surface area contributed by atoms with Crippen molar-refractivity contribution in [2.45, 2.75) is 26.4 Å². The van der Waals surface area contributed by atoms with Gasteiger partial charge in [-0.2, -0.15) is 4.89 Å². The highest BCUT2D eigenvalue weighted by atomic mass is 17.5. The molecule has 4 heteroatoms. The first-order valence-corrected chi connectivity index (χ1v) is 3.14. The second kappa shape index (κ2) is 4.10. The van der Waals surface area contributed by atoms with E-state index in [4.69, 9.17) is 0 Å². The van der Waals surface area contributed by atoms with Crippen LogP contribution in [0.3, 0.4) is 0 Å². The van der Waals surface area contributed by atoms with E-state index in [0.717, 1.165) is 6.08 Å². The molecule has 0 saturated heterocycles. The maximum atomic E-state index is 10.4. The van der Waals surface area contributed by atoms with E-state index in [9.17, 15) is 4.79 Å². The third-order valence-electron chi connectivity index (χ3n) is 0.567. The zero-order valence-corrected chi connectivity index (χ0v) is 6.92. The van der Waals surface area contributed by atoms with Crippen LogP contribution in [0.5, 0.6) is 0 Å². The van der Waals surface area contributed by atoms with Gasteiger partial charge in [-0.3, -0.25) is 4.89 Å². The third kappa shape index (κ3) is 7.02. The van der Waals surface area contributed by atoms with Gasteiger partial charge in [-0.25, -0.2) is 4.79 Å². The molecule has 0 aliphatic rings. The van der Waals surface area contributed by atoms with E-state index >= 15 is 0 Å². The van der Waals surface area contributed by atoms with E-state index in [1.54, 1.807) is 20.8 Å². The molecule has 0 fully saturated rings. The minimum atomic E-state index is -0.686. The largest absolute Gasteiger partial charge is 0.368 e.